The number of benzene rings is 2. The molecule has 1 N–H and O–H groups in total. The summed E-state index contributed by atoms with van der Waals surface area (Å²) in [4.78, 5) is 4.68. The lowest BCUT2D eigenvalue weighted by Gasteiger charge is -2.33. The Morgan fingerprint density at radius 2 is 1.83 bits per heavy atom. The second-order valence-corrected chi connectivity index (χ2v) is 9.06. The van der Waals surface area contributed by atoms with E-state index in [1.807, 2.05) is 24.3 Å². The third-order valence-corrected chi connectivity index (χ3v) is 5.85. The molecule has 24 heavy (non-hydrogen) atoms. The third kappa shape index (κ3) is 4.25. The molecule has 1 aliphatic rings. The molecule has 2 aromatic carbocycles. The molecule has 128 valence electrons. The molecule has 1 aliphatic heterocycles. The molecule has 0 spiro atoms. The predicted octanol–water partition coefficient (Wildman–Crippen LogP) is 4.27. The van der Waals surface area contributed by atoms with Crippen molar-refractivity contribution in [2.24, 2.45) is 0 Å². The maximum atomic E-state index is 11.1. The molecule has 3 rings (SSSR count). The van der Waals surface area contributed by atoms with Crippen LogP contribution >= 0.6 is 23.4 Å². The van der Waals surface area contributed by atoms with Gasteiger partial charge in [-0.25, -0.2) is 13.1 Å². The Balaban J connectivity index is 1.75. The van der Waals surface area contributed by atoms with Crippen molar-refractivity contribution in [3.05, 3.63) is 47.5 Å². The normalized spacial score (nSPS) is 13.5. The Kier molecular flexibility index (Phi) is 5.39. The maximum absolute atomic E-state index is 11.1. The summed E-state index contributed by atoms with van der Waals surface area (Å²) in [7, 11) is -3.12. The van der Waals surface area contributed by atoms with Crippen molar-refractivity contribution in [3.8, 4) is 0 Å². The molecular formula is C17H19ClN2O2S2. The van der Waals surface area contributed by atoms with Gasteiger partial charge in [-0.3, -0.25) is 0 Å². The Morgan fingerprint density at radius 1 is 1.08 bits per heavy atom. The van der Waals surface area contributed by atoms with Crippen LogP contribution in [0, 0.1) is 0 Å². The minimum atomic E-state index is -3.12. The van der Waals surface area contributed by atoms with Crippen LogP contribution in [0.15, 0.2) is 52.3 Å². The lowest BCUT2D eigenvalue weighted by atomic mass is 10.2. The highest BCUT2D eigenvalue weighted by molar-refractivity contribution is 7.99. The van der Waals surface area contributed by atoms with Gasteiger partial charge in [0, 0.05) is 27.9 Å². The quantitative estimate of drug-likeness (QED) is 0.758. The van der Waals surface area contributed by atoms with E-state index < -0.39 is 10.0 Å². The molecule has 0 aromatic heterocycles. The van der Waals surface area contributed by atoms with E-state index in [1.165, 1.54) is 21.7 Å². The molecule has 0 atom stereocenters. The van der Waals surface area contributed by atoms with Crippen molar-refractivity contribution in [1.29, 1.82) is 0 Å². The molecule has 7 heteroatoms. The number of fused-ring (bicyclic) bond motifs is 2. The van der Waals surface area contributed by atoms with E-state index in [9.17, 15) is 8.42 Å². The van der Waals surface area contributed by atoms with Crippen LogP contribution in [0.2, 0.25) is 5.02 Å². The summed E-state index contributed by atoms with van der Waals surface area (Å²) in [6, 6.07) is 14.3. The first-order valence-corrected chi connectivity index (χ1v) is 10.8. The molecule has 4 nitrogen and oxygen atoms in total. The molecule has 0 bridgehead atoms. The predicted molar refractivity (Wildman–Crippen MR) is 101 cm³/mol. The van der Waals surface area contributed by atoms with Crippen LogP contribution in [0.5, 0.6) is 0 Å². The van der Waals surface area contributed by atoms with Crippen LogP contribution < -0.4 is 9.62 Å². The number of halogens is 1. The third-order valence-electron chi connectivity index (χ3n) is 3.76. The van der Waals surface area contributed by atoms with Crippen molar-refractivity contribution < 1.29 is 8.42 Å². The average Bonchev–Trinajstić information content (AvgIpc) is 2.53. The second kappa shape index (κ2) is 7.35. The van der Waals surface area contributed by atoms with Gasteiger partial charge in [0.2, 0.25) is 10.0 Å². The van der Waals surface area contributed by atoms with E-state index in [4.69, 9.17) is 11.6 Å². The molecule has 0 saturated carbocycles. The minimum Gasteiger partial charge on any atom is -0.340 e. The molecule has 0 amide bonds. The fourth-order valence-corrected chi connectivity index (χ4v) is 4.45. The van der Waals surface area contributed by atoms with E-state index in [0.29, 0.717) is 6.54 Å². The summed E-state index contributed by atoms with van der Waals surface area (Å²) in [5.41, 5.74) is 2.29. The number of hydrogen-bond acceptors (Lipinski definition) is 4. The van der Waals surface area contributed by atoms with Crippen LogP contribution in [0.3, 0.4) is 0 Å². The standard InChI is InChI=1S/C17H19ClN2O2S2/c1-24(21,22)19-10-4-5-11-20-14-6-2-3-7-16(14)23-17-9-8-13(18)12-15(17)20/h2-3,6-9,12,19H,4-5,10-11H2,1H3. The highest BCUT2D eigenvalue weighted by atomic mass is 35.5. The summed E-state index contributed by atoms with van der Waals surface area (Å²) < 4.78 is 24.8. The van der Waals surface area contributed by atoms with Crippen molar-refractivity contribution in [3.63, 3.8) is 0 Å². The van der Waals surface area contributed by atoms with Crippen LogP contribution in [0.4, 0.5) is 11.4 Å². The molecule has 0 radical (unpaired) electrons. The van der Waals surface area contributed by atoms with Crippen molar-refractivity contribution in [2.45, 2.75) is 22.6 Å². The smallest absolute Gasteiger partial charge is 0.208 e. The number of anilines is 2. The maximum Gasteiger partial charge on any atom is 0.208 e. The highest BCUT2D eigenvalue weighted by Gasteiger charge is 2.22. The van der Waals surface area contributed by atoms with E-state index >= 15 is 0 Å². The zero-order valence-corrected chi connectivity index (χ0v) is 15.7. The van der Waals surface area contributed by atoms with Gasteiger partial charge in [0.15, 0.2) is 0 Å². The zero-order chi connectivity index (χ0) is 17.2. The largest absolute Gasteiger partial charge is 0.340 e. The highest BCUT2D eigenvalue weighted by Crippen LogP contribution is 2.48. The van der Waals surface area contributed by atoms with Gasteiger partial charge in [0.1, 0.15) is 0 Å². The van der Waals surface area contributed by atoms with Crippen LogP contribution in [0.25, 0.3) is 0 Å². The Morgan fingerprint density at radius 3 is 2.62 bits per heavy atom. The Bertz CT molecular complexity index is 840. The number of para-hydroxylation sites is 1. The van der Waals surface area contributed by atoms with Crippen molar-refractivity contribution in [2.75, 3.05) is 24.2 Å². The molecule has 0 fully saturated rings. The van der Waals surface area contributed by atoms with Crippen LogP contribution in [-0.4, -0.2) is 27.8 Å². The van der Waals surface area contributed by atoms with Gasteiger partial charge in [0.05, 0.1) is 17.6 Å². The summed E-state index contributed by atoms with van der Waals surface area (Å²) in [5.74, 6) is 0. The van der Waals surface area contributed by atoms with Gasteiger partial charge in [-0.05, 0) is 43.2 Å². The summed E-state index contributed by atoms with van der Waals surface area (Å²) in [5, 5.41) is 0.720. The van der Waals surface area contributed by atoms with Gasteiger partial charge in [0.25, 0.3) is 0 Å². The van der Waals surface area contributed by atoms with E-state index in [2.05, 4.69) is 27.8 Å². The number of sulfonamides is 1. The van der Waals surface area contributed by atoms with Gasteiger partial charge in [-0.15, -0.1) is 0 Å². The number of rotatable bonds is 6. The number of nitrogens with zero attached hydrogens (tertiary/aromatic N) is 1. The van der Waals surface area contributed by atoms with Crippen LogP contribution in [-0.2, 0) is 10.0 Å². The van der Waals surface area contributed by atoms with Gasteiger partial charge < -0.3 is 4.90 Å². The van der Waals surface area contributed by atoms with E-state index in [0.717, 1.165) is 30.1 Å². The Hall–Kier alpha value is -1.21. The molecular weight excluding hydrogens is 364 g/mol. The first-order valence-electron chi connectivity index (χ1n) is 7.73. The molecule has 1 heterocycles. The Labute approximate surface area is 152 Å². The summed E-state index contributed by atoms with van der Waals surface area (Å²) in [6.07, 6.45) is 2.85. The first-order chi connectivity index (χ1) is 11.4. The number of unbranched alkanes of at least 4 members (excludes halogenated alkanes) is 1. The zero-order valence-electron chi connectivity index (χ0n) is 13.3. The van der Waals surface area contributed by atoms with Gasteiger partial charge in [-0.2, -0.15) is 0 Å². The summed E-state index contributed by atoms with van der Waals surface area (Å²) in [6.45, 7) is 1.28. The molecule has 0 saturated heterocycles. The SMILES string of the molecule is CS(=O)(=O)NCCCCN1c2ccccc2Sc2ccc(Cl)cc21. The fourth-order valence-electron chi connectivity index (χ4n) is 2.70. The van der Waals surface area contributed by atoms with Gasteiger partial charge >= 0.3 is 0 Å². The lowest BCUT2D eigenvalue weighted by molar-refractivity contribution is 0.583. The number of hydrogen-bond donors (Lipinski definition) is 1. The fraction of sp³-hybridized carbons (Fsp3) is 0.294. The average molecular weight is 383 g/mol. The van der Waals surface area contributed by atoms with Gasteiger partial charge in [-0.1, -0.05) is 35.5 Å². The molecule has 0 aliphatic carbocycles. The van der Waals surface area contributed by atoms with Crippen LogP contribution in [0.1, 0.15) is 12.8 Å². The monoisotopic (exact) mass is 382 g/mol. The van der Waals surface area contributed by atoms with E-state index in [1.54, 1.807) is 11.8 Å². The van der Waals surface area contributed by atoms with Crippen molar-refractivity contribution in [1.82, 2.24) is 4.72 Å². The summed E-state index contributed by atoms with van der Waals surface area (Å²) >= 11 is 7.94. The topological polar surface area (TPSA) is 49.4 Å². The second-order valence-electron chi connectivity index (χ2n) is 5.71. The molecule has 2 aromatic rings. The minimum absolute atomic E-state index is 0.464. The lowest BCUT2D eigenvalue weighted by Crippen LogP contribution is -2.25. The number of nitrogens with one attached hydrogen (secondary N) is 1. The van der Waals surface area contributed by atoms with E-state index in [-0.39, 0.29) is 0 Å². The molecule has 0 unspecified atom stereocenters. The first kappa shape index (κ1) is 17.6. The van der Waals surface area contributed by atoms with Crippen molar-refractivity contribution >= 4 is 44.8 Å².